The molecule has 0 aliphatic rings. The molecule has 0 amide bonds. The third-order valence-electron chi connectivity index (χ3n) is 4.48. The summed E-state index contributed by atoms with van der Waals surface area (Å²) in [7, 11) is 0. The van der Waals surface area contributed by atoms with Gasteiger partial charge in [0, 0.05) is 36.0 Å². The Bertz CT molecular complexity index is 331. The Morgan fingerprint density at radius 3 is 0.774 bits per heavy atom. The first-order valence-electron chi connectivity index (χ1n) is 12.0. The molecule has 0 aromatic rings. The van der Waals surface area contributed by atoms with Gasteiger partial charge in [-0.2, -0.15) is 0 Å². The van der Waals surface area contributed by atoms with Crippen molar-refractivity contribution in [1.29, 1.82) is 0 Å². The smallest absolute Gasteiger partial charge is 0.303 e. The zero-order valence-electron chi connectivity index (χ0n) is 20.1. The Balaban J connectivity index is -0.000000174. The van der Waals surface area contributed by atoms with E-state index < -0.39 is 17.9 Å². The molecule has 0 aliphatic carbocycles. The monoisotopic (exact) mass is 491 g/mol. The number of unbranched alkanes of at least 4 members (excludes halogenated alkanes) is 12. The van der Waals surface area contributed by atoms with E-state index in [2.05, 4.69) is 20.8 Å². The summed E-state index contributed by atoms with van der Waals surface area (Å²) in [5.74, 6) is -2.01. The Morgan fingerprint density at radius 2 is 0.613 bits per heavy atom. The average molecular weight is 492 g/mol. The van der Waals surface area contributed by atoms with Crippen LogP contribution in [0.3, 0.4) is 0 Å². The molecule has 6 nitrogen and oxygen atoms in total. The van der Waals surface area contributed by atoms with E-state index in [4.69, 9.17) is 15.3 Å². The summed E-state index contributed by atoms with van der Waals surface area (Å²) in [6.07, 6.45) is 17.7. The van der Waals surface area contributed by atoms with Gasteiger partial charge in [0.15, 0.2) is 0 Å². The van der Waals surface area contributed by atoms with E-state index in [0.29, 0.717) is 19.3 Å². The van der Waals surface area contributed by atoms with Crippen molar-refractivity contribution in [2.24, 2.45) is 0 Å². The number of carbonyl (C=O) groups is 3. The molecule has 0 atom stereocenters. The van der Waals surface area contributed by atoms with Crippen LogP contribution in [-0.2, 0) is 31.2 Å². The molecular weight excluding hydrogens is 443 g/mol. The third kappa shape index (κ3) is 52.8. The van der Waals surface area contributed by atoms with Gasteiger partial charge in [0.05, 0.1) is 0 Å². The molecule has 0 saturated heterocycles. The molecule has 0 fully saturated rings. The fourth-order valence-corrected chi connectivity index (χ4v) is 2.64. The van der Waals surface area contributed by atoms with E-state index in [-0.39, 0.29) is 16.8 Å². The zero-order valence-corrected chi connectivity index (χ0v) is 21.2. The number of hydrogen-bond donors (Lipinski definition) is 3. The number of carboxylic acid groups (broad SMARTS) is 3. The van der Waals surface area contributed by atoms with Gasteiger partial charge in [0.25, 0.3) is 0 Å². The molecule has 0 aliphatic heterocycles. The summed E-state index contributed by atoms with van der Waals surface area (Å²) >= 11 is 0. The van der Waals surface area contributed by atoms with Gasteiger partial charge in [-0.1, -0.05) is 97.8 Å². The Kier molecular flexibility index (Phi) is 40.3. The number of aliphatic carboxylic acids is 3. The van der Waals surface area contributed by atoms with E-state index in [1.165, 1.54) is 57.8 Å². The predicted octanol–water partition coefficient (Wildman–Crippen LogP) is 7.29. The van der Waals surface area contributed by atoms with Crippen LogP contribution >= 0.6 is 0 Å². The molecule has 0 rings (SSSR count). The van der Waals surface area contributed by atoms with Crippen molar-refractivity contribution in [3.05, 3.63) is 0 Å². The van der Waals surface area contributed by atoms with Crippen molar-refractivity contribution >= 4 is 17.9 Å². The second kappa shape index (κ2) is 33.6. The Hall–Kier alpha value is -1.08. The molecule has 0 aromatic carbocycles. The van der Waals surface area contributed by atoms with Crippen LogP contribution in [0.25, 0.3) is 0 Å². The van der Waals surface area contributed by atoms with Gasteiger partial charge in [-0.05, 0) is 19.3 Å². The van der Waals surface area contributed by atoms with Crippen LogP contribution in [-0.4, -0.2) is 33.2 Å². The number of hydrogen-bond acceptors (Lipinski definition) is 3. The molecule has 1 radical (unpaired) electrons. The summed E-state index contributed by atoms with van der Waals surface area (Å²) in [6.45, 7) is 6.45. The molecule has 3 N–H and O–H groups in total. The molecular formula is C24H48CoO6. The molecule has 0 aromatic heterocycles. The second-order valence-corrected chi connectivity index (χ2v) is 7.67. The summed E-state index contributed by atoms with van der Waals surface area (Å²) in [6, 6.07) is 0. The standard InChI is InChI=1S/3C8H16O2.Co/c3*1-2-3-4-5-6-7-8(9)10;/h3*2-7H2,1H3,(H,9,10);. The largest absolute Gasteiger partial charge is 0.481 e. The van der Waals surface area contributed by atoms with Gasteiger partial charge >= 0.3 is 17.9 Å². The van der Waals surface area contributed by atoms with Gasteiger partial charge in [0.2, 0.25) is 0 Å². The Morgan fingerprint density at radius 1 is 0.419 bits per heavy atom. The van der Waals surface area contributed by atoms with Crippen LogP contribution < -0.4 is 0 Å². The SMILES string of the molecule is CCCCCCCC(=O)O.CCCCCCCC(=O)O.CCCCCCCC(=O)O.[Co]. The predicted molar refractivity (Wildman–Crippen MR) is 123 cm³/mol. The van der Waals surface area contributed by atoms with Crippen molar-refractivity contribution in [2.45, 2.75) is 136 Å². The van der Waals surface area contributed by atoms with Gasteiger partial charge in [0.1, 0.15) is 0 Å². The minimum Gasteiger partial charge on any atom is -0.481 e. The normalized spacial score (nSPS) is 9.39. The summed E-state index contributed by atoms with van der Waals surface area (Å²) in [5.41, 5.74) is 0. The van der Waals surface area contributed by atoms with Gasteiger partial charge in [-0.25, -0.2) is 0 Å². The molecule has 0 bridgehead atoms. The molecule has 31 heavy (non-hydrogen) atoms. The minimum atomic E-state index is -0.670. The van der Waals surface area contributed by atoms with Crippen LogP contribution in [0.5, 0.6) is 0 Å². The minimum absolute atomic E-state index is 0. The van der Waals surface area contributed by atoms with E-state index in [1.807, 2.05) is 0 Å². The molecule has 0 unspecified atom stereocenters. The van der Waals surface area contributed by atoms with Gasteiger partial charge in [-0.3, -0.25) is 14.4 Å². The van der Waals surface area contributed by atoms with Crippen molar-refractivity contribution in [3.8, 4) is 0 Å². The number of rotatable bonds is 18. The average Bonchev–Trinajstić information content (AvgIpc) is 2.68. The quantitative estimate of drug-likeness (QED) is 0.174. The number of carboxylic acids is 3. The van der Waals surface area contributed by atoms with Gasteiger partial charge < -0.3 is 15.3 Å². The maximum atomic E-state index is 10.0. The van der Waals surface area contributed by atoms with Crippen molar-refractivity contribution < 1.29 is 46.5 Å². The zero-order chi connectivity index (χ0) is 23.5. The second-order valence-electron chi connectivity index (χ2n) is 7.67. The van der Waals surface area contributed by atoms with Crippen LogP contribution in [0.15, 0.2) is 0 Å². The van der Waals surface area contributed by atoms with Crippen molar-refractivity contribution in [2.75, 3.05) is 0 Å². The Labute approximate surface area is 200 Å². The third-order valence-corrected chi connectivity index (χ3v) is 4.48. The van der Waals surface area contributed by atoms with E-state index in [1.54, 1.807) is 0 Å². The van der Waals surface area contributed by atoms with Crippen molar-refractivity contribution in [3.63, 3.8) is 0 Å². The van der Waals surface area contributed by atoms with Crippen LogP contribution in [0.4, 0.5) is 0 Å². The van der Waals surface area contributed by atoms with Crippen LogP contribution in [0.1, 0.15) is 136 Å². The topological polar surface area (TPSA) is 112 Å². The first-order valence-corrected chi connectivity index (χ1v) is 12.0. The van der Waals surface area contributed by atoms with Crippen LogP contribution in [0.2, 0.25) is 0 Å². The van der Waals surface area contributed by atoms with E-state index >= 15 is 0 Å². The first kappa shape index (κ1) is 37.2. The summed E-state index contributed by atoms with van der Waals surface area (Å²) < 4.78 is 0. The van der Waals surface area contributed by atoms with E-state index in [9.17, 15) is 14.4 Å². The van der Waals surface area contributed by atoms with E-state index in [0.717, 1.165) is 38.5 Å². The molecule has 0 saturated carbocycles. The fraction of sp³-hybridized carbons (Fsp3) is 0.875. The molecule has 0 heterocycles. The summed E-state index contributed by atoms with van der Waals surface area (Å²) in [4.78, 5) is 30.1. The first-order chi connectivity index (χ1) is 14.3. The maximum absolute atomic E-state index is 10.0. The van der Waals surface area contributed by atoms with Crippen molar-refractivity contribution in [1.82, 2.24) is 0 Å². The molecule has 189 valence electrons. The van der Waals surface area contributed by atoms with Crippen LogP contribution in [0, 0.1) is 0 Å². The molecule has 0 spiro atoms. The fourth-order valence-electron chi connectivity index (χ4n) is 2.64. The maximum Gasteiger partial charge on any atom is 0.303 e. The van der Waals surface area contributed by atoms with Gasteiger partial charge in [-0.15, -0.1) is 0 Å². The molecule has 7 heteroatoms. The summed E-state index contributed by atoms with van der Waals surface area (Å²) in [5, 5.41) is 24.8.